The lowest BCUT2D eigenvalue weighted by molar-refractivity contribution is 0.353. The van der Waals surface area contributed by atoms with Crippen LogP contribution >= 0.6 is 0 Å². The van der Waals surface area contributed by atoms with Crippen molar-refractivity contribution in [2.45, 2.75) is 33.6 Å². The molecule has 86 valence electrons. The second-order valence-electron chi connectivity index (χ2n) is 3.31. The Labute approximate surface area is 93.2 Å². The lowest BCUT2D eigenvalue weighted by atomic mass is 10.2. The summed E-state index contributed by atoms with van der Waals surface area (Å²) in [4.78, 5) is 0. The fraction of sp³-hybridized carbons (Fsp3) is 0.538. The van der Waals surface area contributed by atoms with Gasteiger partial charge < -0.3 is 9.47 Å². The number of aryl methyl sites for hydroxylation is 1. The number of unbranched alkanes of at least 4 members (excludes halogenated alkanes) is 1. The van der Waals surface area contributed by atoms with E-state index in [1.165, 1.54) is 12.8 Å². The molecule has 0 fully saturated rings. The first-order valence-electron chi connectivity index (χ1n) is 5.38. The van der Waals surface area contributed by atoms with Gasteiger partial charge in [0.05, 0.1) is 14.2 Å². The summed E-state index contributed by atoms with van der Waals surface area (Å²) in [5.74, 6) is 1.60. The molecule has 0 aliphatic rings. The number of hydrogen-bond donors (Lipinski definition) is 0. The van der Waals surface area contributed by atoms with Gasteiger partial charge in [-0.3, -0.25) is 0 Å². The minimum Gasteiger partial charge on any atom is -0.493 e. The maximum atomic E-state index is 5.14. The molecule has 0 aliphatic carbocycles. The maximum Gasteiger partial charge on any atom is 0.163 e. The summed E-state index contributed by atoms with van der Waals surface area (Å²) < 4.78 is 10.2. The van der Waals surface area contributed by atoms with E-state index >= 15 is 0 Å². The fourth-order valence-electron chi connectivity index (χ4n) is 1.05. The number of benzene rings is 1. The second-order valence-corrected chi connectivity index (χ2v) is 3.31. The molecule has 0 saturated carbocycles. The Bertz CT molecular complexity index is 267. The monoisotopic (exact) mass is 210 g/mol. The Hall–Kier alpha value is -1.18. The van der Waals surface area contributed by atoms with Crippen LogP contribution in [0.15, 0.2) is 18.2 Å². The van der Waals surface area contributed by atoms with Crippen LogP contribution in [0.4, 0.5) is 0 Å². The van der Waals surface area contributed by atoms with E-state index in [1.807, 2.05) is 25.1 Å². The van der Waals surface area contributed by atoms with Gasteiger partial charge in [0.15, 0.2) is 11.5 Å². The molecule has 2 heteroatoms. The zero-order valence-electron chi connectivity index (χ0n) is 10.5. The van der Waals surface area contributed by atoms with Gasteiger partial charge in [-0.1, -0.05) is 38.8 Å². The molecule has 15 heavy (non-hydrogen) atoms. The molecule has 2 nitrogen and oxygen atoms in total. The highest BCUT2D eigenvalue weighted by molar-refractivity contribution is 5.45. The lowest BCUT2D eigenvalue weighted by Gasteiger charge is -2.08. The zero-order valence-corrected chi connectivity index (χ0v) is 10.5. The van der Waals surface area contributed by atoms with Crippen molar-refractivity contribution in [1.82, 2.24) is 0 Å². The molecule has 0 radical (unpaired) electrons. The highest BCUT2D eigenvalue weighted by atomic mass is 16.5. The first-order chi connectivity index (χ1) is 7.21. The lowest BCUT2D eigenvalue weighted by Crippen LogP contribution is -1.91. The van der Waals surface area contributed by atoms with Crippen LogP contribution in [-0.4, -0.2) is 14.2 Å². The van der Waals surface area contributed by atoms with Crippen molar-refractivity contribution < 1.29 is 9.47 Å². The third kappa shape index (κ3) is 4.73. The largest absolute Gasteiger partial charge is 0.493 e. The maximum absolute atomic E-state index is 5.14. The van der Waals surface area contributed by atoms with Crippen LogP contribution in [-0.2, 0) is 0 Å². The highest BCUT2D eigenvalue weighted by Crippen LogP contribution is 2.29. The van der Waals surface area contributed by atoms with Crippen molar-refractivity contribution in [3.8, 4) is 11.5 Å². The molecule has 0 atom stereocenters. The summed E-state index contributed by atoms with van der Waals surface area (Å²) in [5.41, 5.74) is 1.09. The van der Waals surface area contributed by atoms with E-state index in [-0.39, 0.29) is 0 Å². The van der Waals surface area contributed by atoms with Crippen LogP contribution in [0.25, 0.3) is 0 Å². The van der Waals surface area contributed by atoms with Crippen molar-refractivity contribution in [1.29, 1.82) is 0 Å². The summed E-state index contributed by atoms with van der Waals surface area (Å²) >= 11 is 0. The minimum absolute atomic E-state index is 0.785. The summed E-state index contributed by atoms with van der Waals surface area (Å²) in [6.45, 7) is 6.35. The van der Waals surface area contributed by atoms with E-state index < -0.39 is 0 Å². The van der Waals surface area contributed by atoms with E-state index in [0.717, 1.165) is 17.1 Å². The van der Waals surface area contributed by atoms with Crippen LogP contribution in [0.3, 0.4) is 0 Å². The SMILES string of the molecule is CCCC.COc1cccc(C)c1OC. The Morgan fingerprint density at radius 3 is 1.93 bits per heavy atom. The number of para-hydroxylation sites is 1. The molecular weight excluding hydrogens is 188 g/mol. The fourth-order valence-corrected chi connectivity index (χ4v) is 1.05. The molecule has 1 aromatic carbocycles. The van der Waals surface area contributed by atoms with Gasteiger partial charge in [-0.05, 0) is 18.6 Å². The number of rotatable bonds is 3. The average Bonchev–Trinajstić information content (AvgIpc) is 2.29. The van der Waals surface area contributed by atoms with Gasteiger partial charge in [0, 0.05) is 0 Å². The third-order valence-corrected chi connectivity index (χ3v) is 2.10. The first-order valence-corrected chi connectivity index (χ1v) is 5.38. The molecule has 0 amide bonds. The van der Waals surface area contributed by atoms with Crippen LogP contribution < -0.4 is 9.47 Å². The standard InChI is InChI=1S/C9H12O2.C4H10/c1-7-5-4-6-8(10-2)9(7)11-3;1-3-4-2/h4-6H,1-3H3;3-4H2,1-2H3. The van der Waals surface area contributed by atoms with Crippen molar-refractivity contribution in [3.05, 3.63) is 23.8 Å². The Kier molecular flexibility index (Phi) is 7.51. The molecule has 1 aromatic rings. The van der Waals surface area contributed by atoms with Gasteiger partial charge in [-0.25, -0.2) is 0 Å². The molecule has 0 spiro atoms. The van der Waals surface area contributed by atoms with Crippen molar-refractivity contribution in [2.24, 2.45) is 0 Å². The van der Waals surface area contributed by atoms with E-state index in [4.69, 9.17) is 9.47 Å². The summed E-state index contributed by atoms with van der Waals surface area (Å²) in [6, 6.07) is 5.81. The van der Waals surface area contributed by atoms with Gasteiger partial charge in [-0.15, -0.1) is 0 Å². The van der Waals surface area contributed by atoms with E-state index in [9.17, 15) is 0 Å². The topological polar surface area (TPSA) is 18.5 Å². The molecule has 0 aliphatic heterocycles. The summed E-state index contributed by atoms with van der Waals surface area (Å²) in [5, 5.41) is 0. The van der Waals surface area contributed by atoms with Crippen LogP contribution in [0.2, 0.25) is 0 Å². The van der Waals surface area contributed by atoms with E-state index in [2.05, 4.69) is 13.8 Å². The molecular formula is C13H22O2. The predicted molar refractivity (Wildman–Crippen MR) is 64.9 cm³/mol. The quantitative estimate of drug-likeness (QED) is 0.755. The van der Waals surface area contributed by atoms with Crippen molar-refractivity contribution in [3.63, 3.8) is 0 Å². The first kappa shape index (κ1) is 13.8. The van der Waals surface area contributed by atoms with Crippen molar-refractivity contribution in [2.75, 3.05) is 14.2 Å². The molecule has 0 saturated heterocycles. The molecule has 0 bridgehead atoms. The minimum atomic E-state index is 0.785. The van der Waals surface area contributed by atoms with Crippen LogP contribution in [0.1, 0.15) is 32.3 Å². The smallest absolute Gasteiger partial charge is 0.163 e. The van der Waals surface area contributed by atoms with Crippen LogP contribution in [0, 0.1) is 6.92 Å². The van der Waals surface area contributed by atoms with Crippen LogP contribution in [0.5, 0.6) is 11.5 Å². The van der Waals surface area contributed by atoms with E-state index in [0.29, 0.717) is 0 Å². The summed E-state index contributed by atoms with van der Waals surface area (Å²) in [7, 11) is 3.28. The van der Waals surface area contributed by atoms with Crippen molar-refractivity contribution >= 4 is 0 Å². The third-order valence-electron chi connectivity index (χ3n) is 2.10. The number of ether oxygens (including phenoxy) is 2. The molecule has 0 N–H and O–H groups in total. The molecule has 0 unspecified atom stereocenters. The Balaban J connectivity index is 0.000000423. The highest BCUT2D eigenvalue weighted by Gasteiger charge is 2.03. The Morgan fingerprint density at radius 1 is 1.00 bits per heavy atom. The second kappa shape index (κ2) is 8.16. The number of methoxy groups -OCH3 is 2. The Morgan fingerprint density at radius 2 is 1.60 bits per heavy atom. The van der Waals surface area contributed by atoms with Gasteiger partial charge in [0.1, 0.15) is 0 Å². The normalized spacial score (nSPS) is 8.87. The predicted octanol–water partition coefficient (Wildman–Crippen LogP) is 3.82. The molecule has 0 heterocycles. The van der Waals surface area contributed by atoms with Gasteiger partial charge >= 0.3 is 0 Å². The number of hydrogen-bond acceptors (Lipinski definition) is 2. The van der Waals surface area contributed by atoms with Gasteiger partial charge in [0.25, 0.3) is 0 Å². The summed E-state index contributed by atoms with van der Waals surface area (Å²) in [6.07, 6.45) is 2.64. The molecule has 1 rings (SSSR count). The van der Waals surface area contributed by atoms with Gasteiger partial charge in [-0.2, -0.15) is 0 Å². The molecule has 0 aromatic heterocycles. The zero-order chi connectivity index (χ0) is 11.7. The van der Waals surface area contributed by atoms with E-state index in [1.54, 1.807) is 14.2 Å². The van der Waals surface area contributed by atoms with Gasteiger partial charge in [0.2, 0.25) is 0 Å². The average molecular weight is 210 g/mol.